The summed E-state index contributed by atoms with van der Waals surface area (Å²) >= 11 is 6.41. The maximum absolute atomic E-state index is 13.0. The Bertz CT molecular complexity index is 1470. The highest BCUT2D eigenvalue weighted by Gasteiger charge is 2.23. The average molecular weight is 501 g/mol. The van der Waals surface area contributed by atoms with Crippen molar-refractivity contribution in [3.63, 3.8) is 0 Å². The van der Waals surface area contributed by atoms with Crippen LogP contribution < -0.4 is 19.5 Å². The van der Waals surface area contributed by atoms with E-state index in [0.717, 1.165) is 0 Å². The van der Waals surface area contributed by atoms with Gasteiger partial charge in [-0.3, -0.25) is 4.79 Å². The number of carbonyl (C=O) groups is 1. The van der Waals surface area contributed by atoms with E-state index in [1.807, 2.05) is 0 Å². The van der Waals surface area contributed by atoms with Gasteiger partial charge in [0.1, 0.15) is 11.4 Å². The lowest BCUT2D eigenvalue weighted by molar-refractivity contribution is 0.0974. The summed E-state index contributed by atoms with van der Waals surface area (Å²) in [6, 6.07) is 14.3. The molecule has 4 rings (SSSR count). The molecule has 0 aliphatic rings. The van der Waals surface area contributed by atoms with Crippen LogP contribution in [-0.4, -0.2) is 38.1 Å². The Morgan fingerprint density at radius 3 is 2.38 bits per heavy atom. The molecule has 11 heteroatoms. The van der Waals surface area contributed by atoms with Crippen LogP contribution >= 0.6 is 11.6 Å². The summed E-state index contributed by atoms with van der Waals surface area (Å²) < 4.78 is 39.2. The second-order valence-electron chi connectivity index (χ2n) is 7.27. The Morgan fingerprint density at radius 1 is 1.03 bits per heavy atom. The van der Waals surface area contributed by atoms with E-state index in [0.29, 0.717) is 38.9 Å². The Kier molecular flexibility index (Phi) is 6.36. The Labute approximate surface area is 201 Å². The Balaban J connectivity index is 1.67. The summed E-state index contributed by atoms with van der Waals surface area (Å²) in [7, 11) is 0.550. The fourth-order valence-corrected chi connectivity index (χ4v) is 4.72. The molecule has 0 spiro atoms. The number of anilines is 2. The van der Waals surface area contributed by atoms with Crippen molar-refractivity contribution >= 4 is 49.8 Å². The van der Waals surface area contributed by atoms with Crippen molar-refractivity contribution in [2.24, 2.45) is 7.05 Å². The number of hydrogen-bond acceptors (Lipinski definition) is 7. The van der Waals surface area contributed by atoms with Crippen molar-refractivity contribution in [1.29, 1.82) is 0 Å². The van der Waals surface area contributed by atoms with E-state index in [2.05, 4.69) is 15.0 Å². The number of rotatable bonds is 7. The molecule has 1 amide bonds. The fraction of sp³-hybridized carbons (Fsp3) is 0.130. The van der Waals surface area contributed by atoms with E-state index >= 15 is 0 Å². The topological polar surface area (TPSA) is 112 Å². The van der Waals surface area contributed by atoms with Gasteiger partial charge >= 0.3 is 0 Å². The van der Waals surface area contributed by atoms with E-state index in [4.69, 9.17) is 21.1 Å². The molecule has 4 aromatic rings. The van der Waals surface area contributed by atoms with Gasteiger partial charge in [0.25, 0.3) is 15.9 Å². The van der Waals surface area contributed by atoms with Crippen molar-refractivity contribution in [3.05, 3.63) is 71.5 Å². The van der Waals surface area contributed by atoms with Crippen molar-refractivity contribution < 1.29 is 22.7 Å². The smallest absolute Gasteiger partial charge is 0.281 e. The third-order valence-corrected chi connectivity index (χ3v) is 6.85. The van der Waals surface area contributed by atoms with Crippen LogP contribution in [0.3, 0.4) is 0 Å². The second-order valence-corrected chi connectivity index (χ2v) is 9.36. The molecule has 2 aromatic carbocycles. The number of amides is 1. The number of ether oxygens (including phenoxy) is 2. The van der Waals surface area contributed by atoms with Crippen LogP contribution in [0.15, 0.2) is 65.7 Å². The molecule has 0 atom stereocenters. The highest BCUT2D eigenvalue weighted by molar-refractivity contribution is 7.90. The van der Waals surface area contributed by atoms with Crippen molar-refractivity contribution in [1.82, 2.24) is 14.3 Å². The number of methoxy groups -OCH3 is 2. The third-order valence-electron chi connectivity index (χ3n) is 5.20. The lowest BCUT2D eigenvalue weighted by atomic mass is 10.2. The first kappa shape index (κ1) is 23.4. The first-order valence-corrected chi connectivity index (χ1v) is 11.9. The number of halogens is 1. The van der Waals surface area contributed by atoms with E-state index in [9.17, 15) is 13.2 Å². The van der Waals surface area contributed by atoms with Gasteiger partial charge in [-0.25, -0.2) is 18.1 Å². The summed E-state index contributed by atoms with van der Waals surface area (Å²) in [5, 5.41) is 4.29. The van der Waals surface area contributed by atoms with Gasteiger partial charge in [0.15, 0.2) is 0 Å². The molecule has 9 nitrogen and oxygen atoms in total. The molecule has 0 aliphatic heterocycles. The highest BCUT2D eigenvalue weighted by atomic mass is 35.5. The van der Waals surface area contributed by atoms with Crippen LogP contribution in [0.1, 0.15) is 10.5 Å². The van der Waals surface area contributed by atoms with Gasteiger partial charge in [0.05, 0.1) is 41.5 Å². The van der Waals surface area contributed by atoms with Crippen molar-refractivity contribution in [2.75, 3.05) is 19.5 Å². The predicted octanol–water partition coefficient (Wildman–Crippen LogP) is 4.11. The standard InChI is InChI=1S/C23H21ClN4O5S/c1-28-20(23(29)27-34(30,31)16-7-5-15(32-2)6-8-16)12-17-19(10-9-18(24)22(17)28)26-14-4-11-21(33-3)25-13-14/h4-13,26H,1-3H3,(H,27,29). The number of hydrogen-bond donors (Lipinski definition) is 2. The van der Waals surface area contributed by atoms with Crippen LogP contribution in [0.2, 0.25) is 5.02 Å². The molecule has 0 saturated heterocycles. The molecule has 0 bridgehead atoms. The average Bonchev–Trinajstić information content (AvgIpc) is 3.19. The molecule has 2 aromatic heterocycles. The first-order valence-electron chi connectivity index (χ1n) is 9.99. The zero-order chi connectivity index (χ0) is 24.5. The van der Waals surface area contributed by atoms with E-state index in [-0.39, 0.29) is 10.6 Å². The predicted molar refractivity (Wildman–Crippen MR) is 130 cm³/mol. The van der Waals surface area contributed by atoms with Gasteiger partial charge in [0.2, 0.25) is 5.88 Å². The quantitative estimate of drug-likeness (QED) is 0.393. The largest absolute Gasteiger partial charge is 0.497 e. The van der Waals surface area contributed by atoms with E-state index in [1.165, 1.54) is 38.5 Å². The van der Waals surface area contributed by atoms with Gasteiger partial charge in [-0.1, -0.05) is 11.6 Å². The minimum Gasteiger partial charge on any atom is -0.497 e. The van der Waals surface area contributed by atoms with Crippen LogP contribution in [-0.2, 0) is 17.1 Å². The first-order chi connectivity index (χ1) is 16.2. The minimum absolute atomic E-state index is 0.0622. The monoisotopic (exact) mass is 500 g/mol. The third kappa shape index (κ3) is 4.50. The molecule has 0 saturated carbocycles. The zero-order valence-corrected chi connectivity index (χ0v) is 20.1. The van der Waals surface area contributed by atoms with Crippen molar-refractivity contribution in [2.45, 2.75) is 4.90 Å². The maximum atomic E-state index is 13.0. The maximum Gasteiger partial charge on any atom is 0.281 e. The molecule has 0 fully saturated rings. The molecule has 2 N–H and O–H groups in total. The summed E-state index contributed by atoms with van der Waals surface area (Å²) in [4.78, 5) is 17.1. The lowest BCUT2D eigenvalue weighted by Crippen LogP contribution is -2.31. The van der Waals surface area contributed by atoms with E-state index in [1.54, 1.807) is 48.1 Å². The minimum atomic E-state index is -4.10. The summed E-state index contributed by atoms with van der Waals surface area (Å²) in [6.07, 6.45) is 1.61. The number of benzene rings is 2. The summed E-state index contributed by atoms with van der Waals surface area (Å²) in [5.74, 6) is 0.187. The van der Waals surface area contributed by atoms with Gasteiger partial charge < -0.3 is 19.4 Å². The summed E-state index contributed by atoms with van der Waals surface area (Å²) in [5.41, 5.74) is 2.05. The summed E-state index contributed by atoms with van der Waals surface area (Å²) in [6.45, 7) is 0. The normalized spacial score (nSPS) is 11.3. The van der Waals surface area contributed by atoms with Crippen LogP contribution in [0.25, 0.3) is 10.9 Å². The molecule has 0 unspecified atom stereocenters. The number of aromatic nitrogens is 2. The molecule has 2 heterocycles. The molecular weight excluding hydrogens is 480 g/mol. The number of fused-ring (bicyclic) bond motifs is 1. The number of nitrogens with zero attached hydrogens (tertiary/aromatic N) is 2. The number of aryl methyl sites for hydroxylation is 1. The van der Waals surface area contributed by atoms with Gasteiger partial charge in [-0.15, -0.1) is 0 Å². The van der Waals surface area contributed by atoms with Gasteiger partial charge in [-0.05, 0) is 48.5 Å². The molecular formula is C23H21ClN4O5S. The molecule has 34 heavy (non-hydrogen) atoms. The van der Waals surface area contributed by atoms with Crippen LogP contribution in [0.5, 0.6) is 11.6 Å². The number of carbonyl (C=O) groups excluding carboxylic acids is 1. The number of nitrogens with one attached hydrogen (secondary N) is 2. The second kappa shape index (κ2) is 9.24. The van der Waals surface area contributed by atoms with Crippen molar-refractivity contribution in [3.8, 4) is 11.6 Å². The van der Waals surface area contributed by atoms with Crippen LogP contribution in [0.4, 0.5) is 11.4 Å². The van der Waals surface area contributed by atoms with Crippen LogP contribution in [0, 0.1) is 0 Å². The number of pyridine rings is 1. The fourth-order valence-electron chi connectivity index (χ4n) is 3.47. The lowest BCUT2D eigenvalue weighted by Gasteiger charge is -2.10. The highest BCUT2D eigenvalue weighted by Crippen LogP contribution is 2.34. The zero-order valence-electron chi connectivity index (χ0n) is 18.5. The van der Waals surface area contributed by atoms with Gasteiger partial charge in [0, 0.05) is 24.2 Å². The Morgan fingerprint density at radius 2 is 1.76 bits per heavy atom. The van der Waals surface area contributed by atoms with E-state index < -0.39 is 15.9 Å². The van der Waals surface area contributed by atoms with Gasteiger partial charge in [-0.2, -0.15) is 0 Å². The molecule has 176 valence electrons. The molecule has 0 aliphatic carbocycles. The molecule has 0 radical (unpaired) electrons. The number of sulfonamides is 1. The SMILES string of the molecule is COc1ccc(S(=O)(=O)NC(=O)c2cc3c(Nc4ccc(OC)nc4)ccc(Cl)c3n2C)cc1. The Hall–Kier alpha value is -3.76.